The van der Waals surface area contributed by atoms with Gasteiger partial charge in [-0.2, -0.15) is 0 Å². The Morgan fingerprint density at radius 1 is 1.33 bits per heavy atom. The molecule has 2 aliphatic carbocycles. The van der Waals surface area contributed by atoms with Crippen LogP contribution in [0.15, 0.2) is 24.5 Å². The number of fused-ring (bicyclic) bond motifs is 2. The van der Waals surface area contributed by atoms with Gasteiger partial charge in [-0.1, -0.05) is 6.07 Å². The smallest absolute Gasteiger partial charge is 0.0303 e. The Bertz CT molecular complexity index is 336. The van der Waals surface area contributed by atoms with Crippen LogP contribution in [0, 0.1) is 11.8 Å². The molecule has 0 spiro atoms. The molecule has 2 heteroatoms. The molecule has 15 heavy (non-hydrogen) atoms. The minimum absolute atomic E-state index is 0.688. The number of nitrogens with one attached hydrogen (secondary N) is 1. The van der Waals surface area contributed by atoms with E-state index in [0.29, 0.717) is 12.0 Å². The molecule has 2 nitrogen and oxygen atoms in total. The molecule has 0 saturated heterocycles. The SMILES string of the molecule is CN[C@@H]1[C@@H]2CC[C@@H](C2)[C@H]1c1cccnc1. The van der Waals surface area contributed by atoms with Gasteiger partial charge in [0, 0.05) is 24.4 Å². The number of aromatic nitrogens is 1. The summed E-state index contributed by atoms with van der Waals surface area (Å²) in [5, 5.41) is 3.52. The zero-order chi connectivity index (χ0) is 10.3. The number of pyridine rings is 1. The zero-order valence-electron chi connectivity index (χ0n) is 9.19. The van der Waals surface area contributed by atoms with Crippen molar-refractivity contribution in [2.75, 3.05) is 7.05 Å². The van der Waals surface area contributed by atoms with Gasteiger partial charge in [0.2, 0.25) is 0 Å². The minimum Gasteiger partial charge on any atom is -0.316 e. The first-order valence-corrected chi connectivity index (χ1v) is 5.97. The minimum atomic E-state index is 0.688. The van der Waals surface area contributed by atoms with Gasteiger partial charge in [-0.3, -0.25) is 4.98 Å². The molecule has 0 aliphatic heterocycles. The molecule has 1 aromatic rings. The molecule has 1 N–H and O–H groups in total. The lowest BCUT2D eigenvalue weighted by Crippen LogP contribution is -2.37. The van der Waals surface area contributed by atoms with Gasteiger partial charge < -0.3 is 5.32 Å². The molecule has 2 aliphatic rings. The number of hydrogen-bond donors (Lipinski definition) is 1. The summed E-state index contributed by atoms with van der Waals surface area (Å²) in [5.74, 6) is 2.52. The summed E-state index contributed by atoms with van der Waals surface area (Å²) in [5.41, 5.74) is 1.43. The highest BCUT2D eigenvalue weighted by atomic mass is 14.9. The Hall–Kier alpha value is -0.890. The van der Waals surface area contributed by atoms with Crippen LogP contribution < -0.4 is 5.32 Å². The van der Waals surface area contributed by atoms with Crippen molar-refractivity contribution in [2.45, 2.75) is 31.2 Å². The number of rotatable bonds is 2. The number of likely N-dealkylation sites (N-methyl/N-ethyl adjacent to an activating group) is 1. The molecule has 0 unspecified atom stereocenters. The molecule has 1 heterocycles. The summed E-state index contributed by atoms with van der Waals surface area (Å²) in [6, 6.07) is 4.99. The van der Waals surface area contributed by atoms with Crippen molar-refractivity contribution in [3.63, 3.8) is 0 Å². The van der Waals surface area contributed by atoms with Crippen molar-refractivity contribution < 1.29 is 0 Å². The average Bonchev–Trinajstić information content (AvgIpc) is 2.89. The van der Waals surface area contributed by atoms with Crippen LogP contribution in [0.3, 0.4) is 0 Å². The van der Waals surface area contributed by atoms with E-state index in [9.17, 15) is 0 Å². The van der Waals surface area contributed by atoms with Gasteiger partial charge in [0.25, 0.3) is 0 Å². The molecule has 2 bridgehead atoms. The van der Waals surface area contributed by atoms with E-state index in [2.05, 4.69) is 35.7 Å². The second-order valence-electron chi connectivity index (χ2n) is 4.96. The molecule has 3 rings (SSSR count). The van der Waals surface area contributed by atoms with Crippen molar-refractivity contribution in [1.29, 1.82) is 0 Å². The topological polar surface area (TPSA) is 24.9 Å². The summed E-state index contributed by atoms with van der Waals surface area (Å²) in [7, 11) is 2.11. The summed E-state index contributed by atoms with van der Waals surface area (Å²) in [6.45, 7) is 0. The Morgan fingerprint density at radius 3 is 2.93 bits per heavy atom. The number of nitrogens with zero attached hydrogens (tertiary/aromatic N) is 1. The van der Waals surface area contributed by atoms with Crippen LogP contribution in [0.2, 0.25) is 0 Å². The van der Waals surface area contributed by atoms with Crippen molar-refractivity contribution in [3.05, 3.63) is 30.1 Å². The third-order valence-corrected chi connectivity index (χ3v) is 4.32. The van der Waals surface area contributed by atoms with Crippen molar-refractivity contribution in [1.82, 2.24) is 10.3 Å². The van der Waals surface area contributed by atoms with Gasteiger partial charge in [-0.25, -0.2) is 0 Å². The predicted octanol–water partition coefficient (Wildman–Crippen LogP) is 2.18. The lowest BCUT2D eigenvalue weighted by atomic mass is 9.80. The summed E-state index contributed by atoms with van der Waals surface area (Å²) >= 11 is 0. The first-order valence-electron chi connectivity index (χ1n) is 5.97. The third-order valence-electron chi connectivity index (χ3n) is 4.32. The molecule has 2 fully saturated rings. The van der Waals surface area contributed by atoms with E-state index in [1.54, 1.807) is 0 Å². The zero-order valence-corrected chi connectivity index (χ0v) is 9.19. The van der Waals surface area contributed by atoms with Crippen LogP contribution in [-0.4, -0.2) is 18.1 Å². The normalized spacial score (nSPS) is 38.5. The van der Waals surface area contributed by atoms with Crippen LogP contribution in [0.4, 0.5) is 0 Å². The van der Waals surface area contributed by atoms with Gasteiger partial charge in [0.1, 0.15) is 0 Å². The van der Waals surface area contributed by atoms with Crippen LogP contribution in [0.25, 0.3) is 0 Å². The van der Waals surface area contributed by atoms with E-state index in [0.717, 1.165) is 11.8 Å². The molecule has 0 aromatic carbocycles. The van der Waals surface area contributed by atoms with Crippen LogP contribution in [0.1, 0.15) is 30.7 Å². The fourth-order valence-corrected chi connectivity index (χ4v) is 3.76. The molecule has 0 amide bonds. The first kappa shape index (κ1) is 9.34. The lowest BCUT2D eigenvalue weighted by molar-refractivity contribution is 0.326. The van der Waals surface area contributed by atoms with Gasteiger partial charge in [-0.15, -0.1) is 0 Å². The molecule has 4 atom stereocenters. The van der Waals surface area contributed by atoms with E-state index in [4.69, 9.17) is 0 Å². The highest BCUT2D eigenvalue weighted by Crippen LogP contribution is 2.52. The molecular formula is C13H18N2. The van der Waals surface area contributed by atoms with Gasteiger partial charge in [-0.05, 0) is 49.8 Å². The fraction of sp³-hybridized carbons (Fsp3) is 0.615. The summed E-state index contributed by atoms with van der Waals surface area (Å²) in [6.07, 6.45) is 8.18. The second-order valence-corrected chi connectivity index (χ2v) is 4.96. The van der Waals surface area contributed by atoms with Crippen LogP contribution in [-0.2, 0) is 0 Å². The van der Waals surface area contributed by atoms with Gasteiger partial charge in [0.05, 0.1) is 0 Å². The Morgan fingerprint density at radius 2 is 2.20 bits per heavy atom. The van der Waals surface area contributed by atoms with E-state index < -0.39 is 0 Å². The van der Waals surface area contributed by atoms with E-state index in [-0.39, 0.29) is 0 Å². The van der Waals surface area contributed by atoms with Gasteiger partial charge in [0.15, 0.2) is 0 Å². The van der Waals surface area contributed by atoms with Crippen molar-refractivity contribution in [3.8, 4) is 0 Å². The maximum atomic E-state index is 4.25. The molecule has 1 aromatic heterocycles. The lowest BCUT2D eigenvalue weighted by Gasteiger charge is -2.30. The second kappa shape index (κ2) is 3.60. The van der Waals surface area contributed by atoms with E-state index >= 15 is 0 Å². The largest absolute Gasteiger partial charge is 0.316 e. The van der Waals surface area contributed by atoms with Crippen molar-refractivity contribution in [2.24, 2.45) is 11.8 Å². The fourth-order valence-electron chi connectivity index (χ4n) is 3.76. The Labute approximate surface area is 91.1 Å². The van der Waals surface area contributed by atoms with E-state index in [1.165, 1.54) is 24.8 Å². The Balaban J connectivity index is 1.92. The maximum Gasteiger partial charge on any atom is 0.0303 e. The molecule has 80 valence electrons. The first-order chi connectivity index (χ1) is 7.40. The van der Waals surface area contributed by atoms with Crippen LogP contribution >= 0.6 is 0 Å². The highest BCUT2D eigenvalue weighted by Gasteiger charge is 2.47. The number of hydrogen-bond acceptors (Lipinski definition) is 2. The van der Waals surface area contributed by atoms with E-state index in [1.807, 2.05) is 6.20 Å². The monoisotopic (exact) mass is 202 g/mol. The third kappa shape index (κ3) is 1.39. The Kier molecular flexibility index (Phi) is 2.24. The molecule has 2 saturated carbocycles. The predicted molar refractivity (Wildman–Crippen MR) is 60.7 cm³/mol. The molecule has 0 radical (unpaired) electrons. The molecular weight excluding hydrogens is 184 g/mol. The standard InChI is InChI=1S/C13H18N2/c1-14-13-10-5-4-9(7-10)12(13)11-3-2-6-15-8-11/h2-3,6,8-10,12-14H,4-5,7H2,1H3/t9-,10+,12-,13+/m0/s1. The quantitative estimate of drug-likeness (QED) is 0.795. The highest BCUT2D eigenvalue weighted by molar-refractivity contribution is 5.23. The maximum absolute atomic E-state index is 4.25. The summed E-state index contributed by atoms with van der Waals surface area (Å²) in [4.78, 5) is 4.25. The van der Waals surface area contributed by atoms with Crippen molar-refractivity contribution >= 4 is 0 Å². The summed E-state index contributed by atoms with van der Waals surface area (Å²) < 4.78 is 0. The average molecular weight is 202 g/mol. The van der Waals surface area contributed by atoms with Crippen LogP contribution in [0.5, 0.6) is 0 Å². The van der Waals surface area contributed by atoms with Gasteiger partial charge >= 0.3 is 0 Å².